The van der Waals surface area contributed by atoms with Crippen molar-refractivity contribution in [2.75, 3.05) is 5.75 Å². The van der Waals surface area contributed by atoms with Crippen LogP contribution in [0.5, 0.6) is 5.75 Å². The standard InChI is InChI=1S/C25H20N6O8S3/c32-8-15-29-30-22(42-15)19(40)13-9-41-24-17(23(37)31(24)18(13)25(38)39)28-21(36)16(10-1-3-11(33)4-2-10)27-20(35)12-7-26-6-5-14(12)34/h1-7,16-17,24,32-33H,8-9H2,(H,26,34)(H,27,35)(H,28,36)(H,38,39)/t16?,17?,24-/m0/s1. The number of nitrogens with zero attached hydrogens (tertiary/aromatic N) is 3. The van der Waals surface area contributed by atoms with Gasteiger partial charge in [-0.05, 0) is 17.7 Å². The Morgan fingerprint density at radius 3 is 2.55 bits per heavy atom. The number of carbonyl (C=O) groups excluding carboxylic acids is 3. The van der Waals surface area contributed by atoms with Gasteiger partial charge in [0.1, 0.15) is 39.5 Å². The zero-order chi connectivity index (χ0) is 30.1. The molecule has 2 aliphatic rings. The van der Waals surface area contributed by atoms with E-state index in [1.807, 2.05) is 0 Å². The number of amides is 3. The summed E-state index contributed by atoms with van der Waals surface area (Å²) in [5.74, 6) is -3.76. The maximum Gasteiger partial charge on any atom is 0.353 e. The van der Waals surface area contributed by atoms with Gasteiger partial charge in [0.25, 0.3) is 11.8 Å². The number of hydrogen-bond donors (Lipinski definition) is 6. The number of thiocarbonyl (C=S) groups is 1. The molecule has 0 saturated carbocycles. The van der Waals surface area contributed by atoms with Gasteiger partial charge in [0.15, 0.2) is 10.4 Å². The van der Waals surface area contributed by atoms with E-state index in [0.717, 1.165) is 22.3 Å². The van der Waals surface area contributed by atoms with E-state index in [-0.39, 0.29) is 50.4 Å². The van der Waals surface area contributed by atoms with Gasteiger partial charge in [-0.1, -0.05) is 35.7 Å². The number of aromatic amines is 1. The highest BCUT2D eigenvalue weighted by Crippen LogP contribution is 2.41. The minimum Gasteiger partial charge on any atom is -0.508 e. The van der Waals surface area contributed by atoms with Crippen LogP contribution in [0.25, 0.3) is 0 Å². The second kappa shape index (κ2) is 11.8. The second-order valence-electron chi connectivity index (χ2n) is 8.94. The number of benzene rings is 1. The topological polar surface area (TPSA) is 215 Å². The number of hydrogen-bond acceptors (Lipinski definition) is 12. The number of nitrogens with one attached hydrogen (secondary N) is 3. The molecule has 0 aliphatic carbocycles. The molecule has 1 fully saturated rings. The van der Waals surface area contributed by atoms with E-state index < -0.39 is 46.6 Å². The van der Waals surface area contributed by atoms with E-state index in [4.69, 9.17) is 12.2 Å². The fourth-order valence-electron chi connectivity index (χ4n) is 4.34. The minimum absolute atomic E-state index is 0.0850. The third-order valence-corrected chi connectivity index (χ3v) is 9.15. The fraction of sp³-hybridized carbons (Fsp3) is 0.200. The molecule has 5 rings (SSSR count). The first kappa shape index (κ1) is 29.1. The van der Waals surface area contributed by atoms with E-state index in [1.165, 1.54) is 48.4 Å². The van der Waals surface area contributed by atoms with Crippen molar-refractivity contribution >= 4 is 63.9 Å². The van der Waals surface area contributed by atoms with Gasteiger partial charge in [-0.3, -0.25) is 24.1 Å². The number of H-pyrrole nitrogens is 1. The number of aromatic hydroxyl groups is 1. The average Bonchev–Trinajstić information content (AvgIpc) is 3.47. The molecule has 0 bridgehead atoms. The number of aliphatic hydroxyl groups excluding tert-OH is 1. The van der Waals surface area contributed by atoms with Crippen molar-refractivity contribution < 1.29 is 34.5 Å². The number of thioether (sulfide) groups is 1. The Morgan fingerprint density at radius 2 is 1.90 bits per heavy atom. The second-order valence-corrected chi connectivity index (χ2v) is 11.5. The highest BCUT2D eigenvalue weighted by atomic mass is 32.2. The molecular formula is C25H20N6O8S3. The van der Waals surface area contributed by atoms with Gasteiger partial charge in [-0.15, -0.1) is 22.0 Å². The van der Waals surface area contributed by atoms with Gasteiger partial charge in [0, 0.05) is 29.8 Å². The van der Waals surface area contributed by atoms with Gasteiger partial charge < -0.3 is 30.9 Å². The molecule has 14 nitrogen and oxygen atoms in total. The molecule has 3 atom stereocenters. The number of aliphatic hydroxyl groups is 1. The first-order valence-electron chi connectivity index (χ1n) is 12.1. The number of phenolic OH excluding ortho intramolecular Hbond substituents is 1. The van der Waals surface area contributed by atoms with Crippen LogP contribution in [-0.2, 0) is 21.0 Å². The zero-order valence-corrected chi connectivity index (χ0v) is 23.6. The van der Waals surface area contributed by atoms with E-state index in [1.54, 1.807) is 0 Å². The Bertz CT molecular complexity index is 1700. The lowest BCUT2D eigenvalue weighted by atomic mass is 10.00. The molecule has 2 aromatic heterocycles. The molecule has 1 aromatic carbocycles. The average molecular weight is 629 g/mol. The molecule has 216 valence electrons. The van der Waals surface area contributed by atoms with Crippen molar-refractivity contribution in [3.05, 3.63) is 85.4 Å². The predicted molar refractivity (Wildman–Crippen MR) is 153 cm³/mol. The van der Waals surface area contributed by atoms with Gasteiger partial charge >= 0.3 is 5.97 Å². The van der Waals surface area contributed by atoms with Crippen LogP contribution in [-0.4, -0.2) is 81.1 Å². The van der Waals surface area contributed by atoms with Gasteiger partial charge in [0.2, 0.25) is 5.91 Å². The summed E-state index contributed by atoms with van der Waals surface area (Å²) in [5, 5.41) is 41.4. The van der Waals surface area contributed by atoms with Gasteiger partial charge in [-0.25, -0.2) is 4.79 Å². The number of phenols is 1. The summed E-state index contributed by atoms with van der Waals surface area (Å²) in [6.45, 7) is -0.360. The number of fused-ring (bicyclic) bond motifs is 1. The number of β-lactam (4-membered cyclic amide) rings is 1. The molecular weight excluding hydrogens is 609 g/mol. The lowest BCUT2D eigenvalue weighted by Gasteiger charge is -2.49. The molecule has 2 aliphatic heterocycles. The van der Waals surface area contributed by atoms with Gasteiger partial charge in [0.05, 0.1) is 11.5 Å². The lowest BCUT2D eigenvalue weighted by molar-refractivity contribution is -0.150. The maximum absolute atomic E-state index is 13.5. The number of carboxylic acid groups (broad SMARTS) is 1. The largest absolute Gasteiger partial charge is 0.508 e. The minimum atomic E-state index is -1.40. The number of carbonyl (C=O) groups is 4. The zero-order valence-electron chi connectivity index (χ0n) is 21.1. The molecule has 6 N–H and O–H groups in total. The molecule has 2 unspecified atom stereocenters. The van der Waals surface area contributed by atoms with Gasteiger partial charge in [-0.2, -0.15) is 0 Å². The first-order valence-corrected chi connectivity index (χ1v) is 14.3. The van der Waals surface area contributed by atoms with Crippen LogP contribution in [0.4, 0.5) is 0 Å². The van der Waals surface area contributed by atoms with Crippen LogP contribution < -0.4 is 16.1 Å². The molecule has 3 aromatic rings. The fourth-order valence-corrected chi connectivity index (χ4v) is 6.78. The summed E-state index contributed by atoms with van der Waals surface area (Å²) in [7, 11) is 0. The van der Waals surface area contributed by atoms with Crippen LogP contribution in [0.15, 0.2) is 58.8 Å². The third-order valence-electron chi connectivity index (χ3n) is 6.37. The number of pyridine rings is 1. The predicted octanol–water partition coefficient (Wildman–Crippen LogP) is 0.0522. The van der Waals surface area contributed by atoms with Crippen molar-refractivity contribution in [1.29, 1.82) is 0 Å². The third kappa shape index (κ3) is 5.41. The number of carboxylic acids is 1. The highest BCUT2D eigenvalue weighted by molar-refractivity contribution is 8.00. The van der Waals surface area contributed by atoms with Crippen LogP contribution in [0.1, 0.15) is 32.0 Å². The summed E-state index contributed by atoms with van der Waals surface area (Å²) in [5.41, 5.74) is -0.734. The van der Waals surface area contributed by atoms with Crippen LogP contribution in [0, 0.1) is 0 Å². The smallest absolute Gasteiger partial charge is 0.353 e. The quantitative estimate of drug-likeness (QED) is 0.105. The molecule has 1 saturated heterocycles. The summed E-state index contributed by atoms with van der Waals surface area (Å²) in [4.78, 5) is 67.7. The van der Waals surface area contributed by atoms with Crippen molar-refractivity contribution in [3.8, 4) is 5.75 Å². The van der Waals surface area contributed by atoms with Crippen molar-refractivity contribution in [2.24, 2.45) is 0 Å². The van der Waals surface area contributed by atoms with E-state index in [9.17, 15) is 39.3 Å². The van der Waals surface area contributed by atoms with Crippen molar-refractivity contribution in [2.45, 2.75) is 24.1 Å². The van der Waals surface area contributed by atoms with E-state index in [2.05, 4.69) is 25.8 Å². The monoisotopic (exact) mass is 628 g/mol. The van der Waals surface area contributed by atoms with Crippen LogP contribution in [0.2, 0.25) is 0 Å². The molecule has 17 heteroatoms. The summed E-state index contributed by atoms with van der Waals surface area (Å²) < 4.78 is 0. The van der Waals surface area contributed by atoms with Crippen molar-refractivity contribution in [3.63, 3.8) is 0 Å². The Kier molecular flexibility index (Phi) is 8.17. The molecule has 42 heavy (non-hydrogen) atoms. The summed E-state index contributed by atoms with van der Waals surface area (Å²) in [6, 6.07) is 4.05. The molecule has 0 radical (unpaired) electrons. The van der Waals surface area contributed by atoms with E-state index in [0.29, 0.717) is 5.01 Å². The SMILES string of the molecule is O=C(O)C1=C(C(=S)c2nnc(CO)s2)CS[C@H]2C(NC(=O)C(NC(=O)c3c[nH]ccc3=O)c3ccc(O)cc3)C(=O)N12. The lowest BCUT2D eigenvalue weighted by Crippen LogP contribution is -2.71. The number of rotatable bonds is 9. The Morgan fingerprint density at radius 1 is 1.17 bits per heavy atom. The maximum atomic E-state index is 13.5. The normalized spacial score (nSPS) is 18.5. The van der Waals surface area contributed by atoms with Crippen molar-refractivity contribution in [1.82, 2.24) is 30.7 Å². The molecule has 3 amide bonds. The highest BCUT2D eigenvalue weighted by Gasteiger charge is 2.55. The Balaban J connectivity index is 1.38. The Labute approximate surface area is 249 Å². The number of aliphatic carboxylic acids is 1. The summed E-state index contributed by atoms with van der Waals surface area (Å²) in [6.07, 6.45) is 2.53. The molecule has 0 spiro atoms. The van der Waals surface area contributed by atoms with Crippen LogP contribution >= 0.6 is 35.3 Å². The Hall–Kier alpha value is -4.45. The van der Waals surface area contributed by atoms with E-state index >= 15 is 0 Å². The molecule has 4 heterocycles. The van der Waals surface area contributed by atoms with Crippen LogP contribution in [0.3, 0.4) is 0 Å². The first-order chi connectivity index (χ1) is 20.1. The summed E-state index contributed by atoms with van der Waals surface area (Å²) >= 11 is 7.62. The number of aromatic nitrogens is 3.